The number of nitrogens with one attached hydrogen (secondary N) is 1. The van der Waals surface area contributed by atoms with Gasteiger partial charge in [0.25, 0.3) is 5.91 Å². The summed E-state index contributed by atoms with van der Waals surface area (Å²) in [6.07, 6.45) is 4.31. The Labute approximate surface area is 149 Å². The predicted molar refractivity (Wildman–Crippen MR) is 96.2 cm³/mol. The summed E-state index contributed by atoms with van der Waals surface area (Å²) in [5.74, 6) is -0.885. The van der Waals surface area contributed by atoms with Crippen molar-refractivity contribution in [3.05, 3.63) is 83.8 Å². The molecule has 6 nitrogen and oxygen atoms in total. The monoisotopic (exact) mass is 349 g/mol. The van der Waals surface area contributed by atoms with Gasteiger partial charge in [0.2, 0.25) is 0 Å². The molecule has 0 fully saturated rings. The quantitative estimate of drug-likeness (QED) is 0.369. The highest BCUT2D eigenvalue weighted by Gasteiger charge is 2.09. The van der Waals surface area contributed by atoms with Gasteiger partial charge in [-0.05, 0) is 60.2 Å². The summed E-state index contributed by atoms with van der Waals surface area (Å²) in [4.78, 5) is 24.1. The number of anilines is 1. The van der Waals surface area contributed by atoms with E-state index < -0.39 is 0 Å². The third-order valence-corrected chi connectivity index (χ3v) is 3.60. The molecule has 0 aliphatic heterocycles. The number of allylic oxidation sites excluding steroid dienone is 1. The SMILES string of the molecule is O=C(C=Cc1ccc(O)c(O)c1)c1ccc(NC(=O)c2ccco2)cc1. The number of aromatic hydroxyl groups is 2. The van der Waals surface area contributed by atoms with Crippen molar-refractivity contribution < 1.29 is 24.2 Å². The van der Waals surface area contributed by atoms with Crippen LogP contribution in [0.3, 0.4) is 0 Å². The summed E-state index contributed by atoms with van der Waals surface area (Å²) in [6, 6.07) is 13.9. The molecule has 6 heteroatoms. The number of furan rings is 1. The highest BCUT2D eigenvalue weighted by Crippen LogP contribution is 2.25. The van der Waals surface area contributed by atoms with Crippen LogP contribution in [0.15, 0.2) is 71.4 Å². The number of phenolic OH excluding ortho intramolecular Hbond substituents is 2. The highest BCUT2D eigenvalue weighted by atomic mass is 16.3. The largest absolute Gasteiger partial charge is 0.504 e. The van der Waals surface area contributed by atoms with Gasteiger partial charge >= 0.3 is 0 Å². The molecule has 3 N–H and O–H groups in total. The molecule has 1 amide bonds. The Morgan fingerprint density at radius 2 is 1.73 bits per heavy atom. The zero-order valence-electron chi connectivity index (χ0n) is 13.5. The molecule has 1 heterocycles. The van der Waals surface area contributed by atoms with Crippen molar-refractivity contribution >= 4 is 23.5 Å². The molecule has 0 aliphatic rings. The third kappa shape index (κ3) is 3.99. The minimum Gasteiger partial charge on any atom is -0.504 e. The van der Waals surface area contributed by atoms with E-state index >= 15 is 0 Å². The molecule has 0 atom stereocenters. The Hall–Kier alpha value is -3.80. The topological polar surface area (TPSA) is 99.8 Å². The van der Waals surface area contributed by atoms with Crippen molar-refractivity contribution in [1.29, 1.82) is 0 Å². The zero-order valence-corrected chi connectivity index (χ0v) is 13.5. The fourth-order valence-corrected chi connectivity index (χ4v) is 2.23. The second-order valence-corrected chi connectivity index (χ2v) is 5.45. The molecule has 0 unspecified atom stereocenters. The van der Waals surface area contributed by atoms with Crippen LogP contribution in [0.25, 0.3) is 6.08 Å². The molecule has 0 bridgehead atoms. The molecule has 3 aromatic rings. The van der Waals surface area contributed by atoms with Gasteiger partial charge in [0, 0.05) is 11.3 Å². The van der Waals surface area contributed by atoms with Crippen LogP contribution in [-0.4, -0.2) is 21.9 Å². The number of phenols is 2. The van der Waals surface area contributed by atoms with Gasteiger partial charge < -0.3 is 19.9 Å². The minimum absolute atomic E-state index is 0.199. The summed E-state index contributed by atoms with van der Waals surface area (Å²) in [7, 11) is 0. The van der Waals surface area contributed by atoms with Crippen molar-refractivity contribution in [2.45, 2.75) is 0 Å². The lowest BCUT2D eigenvalue weighted by Crippen LogP contribution is -2.10. The van der Waals surface area contributed by atoms with Crippen LogP contribution >= 0.6 is 0 Å². The molecular formula is C20H15NO5. The van der Waals surface area contributed by atoms with E-state index in [0.717, 1.165) is 0 Å². The maximum atomic E-state index is 12.2. The van der Waals surface area contributed by atoms with E-state index in [9.17, 15) is 19.8 Å². The molecule has 0 radical (unpaired) electrons. The van der Waals surface area contributed by atoms with Crippen LogP contribution in [0.4, 0.5) is 5.69 Å². The van der Waals surface area contributed by atoms with Crippen LogP contribution in [0.5, 0.6) is 11.5 Å². The first-order chi connectivity index (χ1) is 12.5. The van der Waals surface area contributed by atoms with Crippen molar-refractivity contribution in [3.8, 4) is 11.5 Å². The summed E-state index contributed by atoms with van der Waals surface area (Å²) in [5, 5.41) is 21.4. The van der Waals surface area contributed by atoms with E-state index in [1.807, 2.05) is 0 Å². The molecule has 1 aromatic heterocycles. The van der Waals surface area contributed by atoms with Gasteiger partial charge in [0.1, 0.15) is 0 Å². The summed E-state index contributed by atoms with van der Waals surface area (Å²) in [5.41, 5.74) is 1.56. The molecule has 0 aliphatic carbocycles. The number of hydrogen-bond acceptors (Lipinski definition) is 5. The maximum absolute atomic E-state index is 12.2. The number of hydrogen-bond donors (Lipinski definition) is 3. The van der Waals surface area contributed by atoms with E-state index in [4.69, 9.17) is 4.42 Å². The highest BCUT2D eigenvalue weighted by molar-refractivity contribution is 6.07. The van der Waals surface area contributed by atoms with Crippen LogP contribution in [0, 0.1) is 0 Å². The lowest BCUT2D eigenvalue weighted by molar-refractivity contribution is 0.0996. The molecule has 0 saturated carbocycles. The number of amides is 1. The van der Waals surface area contributed by atoms with Gasteiger partial charge in [-0.3, -0.25) is 9.59 Å². The standard InChI is InChI=1S/C20H15NO5/c22-16(9-3-13-4-10-17(23)18(24)12-13)14-5-7-15(8-6-14)21-20(25)19-2-1-11-26-19/h1-12,23-24H,(H,21,25). The lowest BCUT2D eigenvalue weighted by Gasteiger charge is -2.04. The zero-order chi connectivity index (χ0) is 18.5. The van der Waals surface area contributed by atoms with Gasteiger partial charge in [-0.1, -0.05) is 12.1 Å². The van der Waals surface area contributed by atoms with E-state index in [-0.39, 0.29) is 28.9 Å². The Balaban J connectivity index is 1.65. The van der Waals surface area contributed by atoms with E-state index in [0.29, 0.717) is 16.8 Å². The first-order valence-corrected chi connectivity index (χ1v) is 7.72. The summed E-state index contributed by atoms with van der Waals surface area (Å²) < 4.78 is 5.01. The molecule has 130 valence electrons. The maximum Gasteiger partial charge on any atom is 0.291 e. The van der Waals surface area contributed by atoms with Gasteiger partial charge in [0.15, 0.2) is 23.0 Å². The van der Waals surface area contributed by atoms with Crippen LogP contribution < -0.4 is 5.32 Å². The Morgan fingerprint density at radius 1 is 0.962 bits per heavy atom. The predicted octanol–water partition coefficient (Wildman–Crippen LogP) is 3.84. The summed E-state index contributed by atoms with van der Waals surface area (Å²) >= 11 is 0. The van der Waals surface area contributed by atoms with Crippen LogP contribution in [0.2, 0.25) is 0 Å². The first-order valence-electron chi connectivity index (χ1n) is 7.72. The average Bonchev–Trinajstić information content (AvgIpc) is 3.18. The Kier molecular flexibility index (Phi) is 4.85. The van der Waals surface area contributed by atoms with E-state index in [1.54, 1.807) is 42.5 Å². The second-order valence-electron chi connectivity index (χ2n) is 5.45. The lowest BCUT2D eigenvalue weighted by atomic mass is 10.1. The normalized spacial score (nSPS) is 10.8. The number of benzene rings is 2. The van der Waals surface area contributed by atoms with Crippen molar-refractivity contribution in [3.63, 3.8) is 0 Å². The third-order valence-electron chi connectivity index (χ3n) is 3.60. The molecule has 26 heavy (non-hydrogen) atoms. The summed E-state index contributed by atoms with van der Waals surface area (Å²) in [6.45, 7) is 0. The number of rotatable bonds is 5. The van der Waals surface area contributed by atoms with Crippen molar-refractivity contribution in [2.75, 3.05) is 5.32 Å². The smallest absolute Gasteiger partial charge is 0.291 e. The number of ketones is 1. The fourth-order valence-electron chi connectivity index (χ4n) is 2.23. The van der Waals surface area contributed by atoms with Crippen LogP contribution in [-0.2, 0) is 0 Å². The second kappa shape index (κ2) is 7.40. The van der Waals surface area contributed by atoms with Gasteiger partial charge in [-0.15, -0.1) is 0 Å². The van der Waals surface area contributed by atoms with Gasteiger partial charge in [0.05, 0.1) is 6.26 Å². The van der Waals surface area contributed by atoms with Crippen molar-refractivity contribution in [1.82, 2.24) is 0 Å². The molecular weight excluding hydrogens is 334 g/mol. The Bertz CT molecular complexity index is 956. The van der Waals surface area contributed by atoms with E-state index in [2.05, 4.69) is 5.32 Å². The average molecular weight is 349 g/mol. The van der Waals surface area contributed by atoms with Gasteiger partial charge in [-0.2, -0.15) is 0 Å². The van der Waals surface area contributed by atoms with Gasteiger partial charge in [-0.25, -0.2) is 0 Å². The van der Waals surface area contributed by atoms with Crippen molar-refractivity contribution in [2.24, 2.45) is 0 Å². The van der Waals surface area contributed by atoms with E-state index in [1.165, 1.54) is 30.5 Å². The van der Waals surface area contributed by atoms with Crippen LogP contribution in [0.1, 0.15) is 26.5 Å². The molecule has 3 rings (SSSR count). The Morgan fingerprint density at radius 3 is 2.38 bits per heavy atom. The molecule has 0 spiro atoms. The fraction of sp³-hybridized carbons (Fsp3) is 0. The number of carbonyl (C=O) groups excluding carboxylic acids is 2. The first kappa shape index (κ1) is 17.0. The molecule has 0 saturated heterocycles. The number of carbonyl (C=O) groups is 2. The molecule has 2 aromatic carbocycles. The minimum atomic E-state index is -0.374.